The van der Waals surface area contributed by atoms with Crippen molar-refractivity contribution in [2.45, 2.75) is 25.8 Å². The summed E-state index contributed by atoms with van der Waals surface area (Å²) in [6, 6.07) is 1.01. The van der Waals surface area contributed by atoms with Gasteiger partial charge >= 0.3 is 18.1 Å². The number of carbonyl (C=O) groups excluding carboxylic acids is 2. The number of nitrogens with one attached hydrogen (secondary N) is 1. The second-order valence-corrected chi connectivity index (χ2v) is 6.28. The van der Waals surface area contributed by atoms with E-state index < -0.39 is 40.9 Å². The van der Waals surface area contributed by atoms with Crippen molar-refractivity contribution in [3.05, 3.63) is 38.9 Å². The lowest BCUT2D eigenvalue weighted by Gasteiger charge is -2.29. The first-order valence-corrected chi connectivity index (χ1v) is 7.48. The molecule has 10 heteroatoms. The van der Waals surface area contributed by atoms with Crippen LogP contribution >= 0.6 is 22.6 Å². The molecule has 0 spiro atoms. The largest absolute Gasteiger partial charge is 0.419 e. The highest BCUT2D eigenvalue weighted by molar-refractivity contribution is 14.1. The van der Waals surface area contributed by atoms with E-state index in [0.29, 0.717) is 12.1 Å². The Morgan fingerprint density at radius 1 is 1.17 bits per heavy atom. The average molecular weight is 459 g/mol. The lowest BCUT2D eigenvalue weighted by atomic mass is 10.2. The van der Waals surface area contributed by atoms with E-state index in [9.17, 15) is 27.2 Å². The van der Waals surface area contributed by atoms with Crippen molar-refractivity contribution in [2.75, 3.05) is 5.32 Å². The summed E-state index contributed by atoms with van der Waals surface area (Å²) in [7, 11) is 0. The third kappa shape index (κ3) is 3.97. The summed E-state index contributed by atoms with van der Waals surface area (Å²) in [6.07, 6.45) is -3.93. The normalized spacial score (nSPS) is 17.2. The fourth-order valence-electron chi connectivity index (χ4n) is 1.79. The zero-order valence-corrected chi connectivity index (χ0v) is 14.4. The third-order valence-electron chi connectivity index (χ3n) is 2.84. The molecule has 5 nitrogen and oxygen atoms in total. The quantitative estimate of drug-likeness (QED) is 0.241. The SMILES string of the molecule is CC1(C)OC(=O)C(=CNc2cc(C(F)(F)F)cc(F)c2I)C(=O)O1. The van der Waals surface area contributed by atoms with Crippen LogP contribution in [-0.2, 0) is 25.2 Å². The number of anilines is 1. The monoisotopic (exact) mass is 459 g/mol. The van der Waals surface area contributed by atoms with Gasteiger partial charge in [0.1, 0.15) is 5.82 Å². The average Bonchev–Trinajstić information content (AvgIpc) is 2.39. The van der Waals surface area contributed by atoms with E-state index in [-0.39, 0.29) is 9.26 Å². The van der Waals surface area contributed by atoms with Crippen molar-refractivity contribution in [3.63, 3.8) is 0 Å². The number of esters is 2. The molecule has 1 saturated heterocycles. The lowest BCUT2D eigenvalue weighted by Crippen LogP contribution is -2.42. The number of cyclic esters (lactones) is 2. The zero-order chi connectivity index (χ0) is 18.3. The third-order valence-corrected chi connectivity index (χ3v) is 3.94. The number of hydrogen-bond donors (Lipinski definition) is 1. The number of rotatable bonds is 2. The van der Waals surface area contributed by atoms with Crippen LogP contribution in [0.3, 0.4) is 0 Å². The topological polar surface area (TPSA) is 64.6 Å². The van der Waals surface area contributed by atoms with E-state index in [0.717, 1.165) is 6.20 Å². The maximum atomic E-state index is 13.6. The molecule has 130 valence electrons. The Labute approximate surface area is 147 Å². The molecule has 0 aliphatic carbocycles. The van der Waals surface area contributed by atoms with Gasteiger partial charge in [-0.2, -0.15) is 13.2 Å². The molecule has 1 aliphatic heterocycles. The van der Waals surface area contributed by atoms with Crippen molar-refractivity contribution >= 4 is 40.2 Å². The van der Waals surface area contributed by atoms with Crippen LogP contribution in [0.4, 0.5) is 23.2 Å². The molecule has 24 heavy (non-hydrogen) atoms. The predicted octanol–water partition coefficient (Wildman–Crippen LogP) is 3.58. The van der Waals surface area contributed by atoms with Crippen LogP contribution in [-0.4, -0.2) is 17.7 Å². The number of hydrogen-bond acceptors (Lipinski definition) is 5. The Morgan fingerprint density at radius 2 is 1.71 bits per heavy atom. The molecular formula is C14H10F4INO4. The molecule has 0 amide bonds. The second kappa shape index (κ2) is 6.22. The van der Waals surface area contributed by atoms with Crippen molar-refractivity contribution in [3.8, 4) is 0 Å². The van der Waals surface area contributed by atoms with Crippen LogP contribution < -0.4 is 5.32 Å². The predicted molar refractivity (Wildman–Crippen MR) is 82.1 cm³/mol. The van der Waals surface area contributed by atoms with Crippen LogP contribution in [0.25, 0.3) is 0 Å². The van der Waals surface area contributed by atoms with E-state index >= 15 is 0 Å². The van der Waals surface area contributed by atoms with Gasteiger partial charge < -0.3 is 14.8 Å². The van der Waals surface area contributed by atoms with Gasteiger partial charge in [0.2, 0.25) is 0 Å². The van der Waals surface area contributed by atoms with Gasteiger partial charge in [-0.05, 0) is 34.7 Å². The van der Waals surface area contributed by atoms with Crippen LogP contribution in [0.5, 0.6) is 0 Å². The molecule has 0 atom stereocenters. The summed E-state index contributed by atoms with van der Waals surface area (Å²) in [5, 5.41) is 2.31. The van der Waals surface area contributed by atoms with Crippen LogP contribution in [0.15, 0.2) is 23.9 Å². The fraction of sp³-hybridized carbons (Fsp3) is 0.286. The maximum absolute atomic E-state index is 13.6. The standard InChI is InChI=1S/C14H10F4INO4/c1-13(2)23-11(21)7(12(22)24-13)5-20-9-4-6(14(16,17)18)3-8(15)10(9)19/h3-5,20H,1-2H3. The minimum atomic E-state index is -4.75. The zero-order valence-electron chi connectivity index (χ0n) is 12.3. The van der Waals surface area contributed by atoms with Gasteiger partial charge in [-0.3, -0.25) is 0 Å². The highest BCUT2D eigenvalue weighted by Crippen LogP contribution is 2.34. The molecule has 2 rings (SSSR count). The Kier molecular flexibility index (Phi) is 4.79. The van der Waals surface area contributed by atoms with Gasteiger partial charge in [-0.25, -0.2) is 14.0 Å². The molecule has 0 bridgehead atoms. The number of halogens is 5. The summed E-state index contributed by atoms with van der Waals surface area (Å²) >= 11 is 1.49. The van der Waals surface area contributed by atoms with Crippen molar-refractivity contribution < 1.29 is 36.6 Å². The Morgan fingerprint density at radius 3 is 2.21 bits per heavy atom. The maximum Gasteiger partial charge on any atom is 0.416 e. The summed E-state index contributed by atoms with van der Waals surface area (Å²) < 4.78 is 61.3. The second-order valence-electron chi connectivity index (χ2n) is 5.20. The number of alkyl halides is 3. The van der Waals surface area contributed by atoms with E-state index in [2.05, 4.69) is 5.32 Å². The Bertz CT molecular complexity index is 721. The van der Waals surface area contributed by atoms with E-state index in [1.165, 1.54) is 36.4 Å². The molecule has 1 heterocycles. The number of carbonyl (C=O) groups is 2. The first-order valence-electron chi connectivity index (χ1n) is 6.40. The van der Waals surface area contributed by atoms with Crippen LogP contribution in [0.1, 0.15) is 19.4 Å². The minimum absolute atomic E-state index is 0.143. The van der Waals surface area contributed by atoms with Gasteiger partial charge in [0.05, 0.1) is 14.8 Å². The van der Waals surface area contributed by atoms with Gasteiger partial charge in [0, 0.05) is 20.0 Å². The van der Waals surface area contributed by atoms with Gasteiger partial charge in [-0.1, -0.05) is 0 Å². The van der Waals surface area contributed by atoms with E-state index in [1.807, 2.05) is 0 Å². The first-order chi connectivity index (χ1) is 10.9. The summed E-state index contributed by atoms with van der Waals surface area (Å²) in [6.45, 7) is 2.69. The molecular weight excluding hydrogens is 449 g/mol. The Balaban J connectivity index is 2.33. The fourth-order valence-corrected chi connectivity index (χ4v) is 2.25. The molecule has 1 aliphatic rings. The van der Waals surface area contributed by atoms with E-state index in [1.54, 1.807) is 0 Å². The molecule has 1 N–H and O–H groups in total. The highest BCUT2D eigenvalue weighted by Gasteiger charge is 2.39. The Hall–Kier alpha value is -1.85. The molecule has 0 aromatic heterocycles. The molecule has 1 aromatic carbocycles. The smallest absolute Gasteiger partial charge is 0.416 e. The molecule has 0 unspecified atom stereocenters. The summed E-state index contributed by atoms with van der Waals surface area (Å²) in [5.41, 5.74) is -2.03. The van der Waals surface area contributed by atoms with E-state index in [4.69, 9.17) is 9.47 Å². The number of ether oxygens (including phenoxy) is 2. The van der Waals surface area contributed by atoms with Gasteiger partial charge in [0.15, 0.2) is 5.57 Å². The number of benzene rings is 1. The molecule has 0 radical (unpaired) electrons. The highest BCUT2D eigenvalue weighted by atomic mass is 127. The minimum Gasteiger partial charge on any atom is -0.419 e. The molecule has 0 saturated carbocycles. The van der Waals surface area contributed by atoms with Crippen molar-refractivity contribution in [1.82, 2.24) is 0 Å². The summed E-state index contributed by atoms with van der Waals surface area (Å²) in [4.78, 5) is 23.5. The summed E-state index contributed by atoms with van der Waals surface area (Å²) in [5.74, 6) is -4.55. The van der Waals surface area contributed by atoms with Crippen molar-refractivity contribution in [2.24, 2.45) is 0 Å². The van der Waals surface area contributed by atoms with Gasteiger partial charge in [0.25, 0.3) is 5.79 Å². The molecule has 1 fully saturated rings. The van der Waals surface area contributed by atoms with Gasteiger partial charge in [-0.15, -0.1) is 0 Å². The molecule has 1 aromatic rings. The van der Waals surface area contributed by atoms with Crippen LogP contribution in [0, 0.1) is 9.39 Å². The van der Waals surface area contributed by atoms with Crippen LogP contribution in [0.2, 0.25) is 0 Å². The lowest BCUT2D eigenvalue weighted by molar-refractivity contribution is -0.222. The van der Waals surface area contributed by atoms with Crippen molar-refractivity contribution in [1.29, 1.82) is 0 Å². The first kappa shape index (κ1) is 18.5.